The van der Waals surface area contributed by atoms with Crippen molar-refractivity contribution in [3.8, 4) is 0 Å². The minimum atomic E-state index is -1.42. The molecule has 1 unspecified atom stereocenters. The van der Waals surface area contributed by atoms with Crippen LogP contribution in [-0.4, -0.2) is 60.6 Å². The number of amides is 2. The van der Waals surface area contributed by atoms with Gasteiger partial charge in [-0.25, -0.2) is 9.00 Å². The first-order valence-electron chi connectivity index (χ1n) is 10.3. The number of morpholine rings is 1. The Bertz CT molecular complexity index is 1020. The van der Waals surface area contributed by atoms with Gasteiger partial charge in [0, 0.05) is 31.7 Å². The van der Waals surface area contributed by atoms with Crippen LogP contribution < -0.4 is 22.6 Å². The molecule has 2 heterocycles. The lowest BCUT2D eigenvalue weighted by Gasteiger charge is -2.32. The molecular weight excluding hydrogens is 454 g/mol. The maximum absolute atomic E-state index is 13.4. The van der Waals surface area contributed by atoms with Crippen molar-refractivity contribution in [3.63, 3.8) is 0 Å². The fraction of sp³-hybridized carbons (Fsp3) is 0.364. The Kier molecular flexibility index (Phi) is 8.25. The zero-order valence-electron chi connectivity index (χ0n) is 18.7. The molecule has 172 valence electrons. The molecule has 0 radical (unpaired) electrons. The molecule has 2 aliphatic heterocycles. The fourth-order valence-electron chi connectivity index (χ4n) is 3.72. The lowest BCUT2D eigenvalue weighted by atomic mass is 10.2. The van der Waals surface area contributed by atoms with Crippen LogP contribution in [0.1, 0.15) is 14.8 Å². The predicted molar refractivity (Wildman–Crippen MR) is 118 cm³/mol. The highest BCUT2D eigenvalue weighted by atomic mass is 35.5. The van der Waals surface area contributed by atoms with Gasteiger partial charge in [0.2, 0.25) is 5.91 Å². The van der Waals surface area contributed by atoms with Gasteiger partial charge in [-0.3, -0.25) is 19.9 Å². The molecule has 2 amide bonds. The number of carbonyl (C=O) groups is 2. The number of hydrogen-bond acceptors (Lipinski definition) is 6. The maximum Gasteiger partial charge on any atom is 1.00 e. The van der Waals surface area contributed by atoms with E-state index in [1.165, 1.54) is 0 Å². The summed E-state index contributed by atoms with van der Waals surface area (Å²) in [4.78, 5) is 30.2. The van der Waals surface area contributed by atoms with E-state index in [-0.39, 0.29) is 26.3 Å². The minimum Gasteiger partial charge on any atom is -1.00 e. The van der Waals surface area contributed by atoms with Crippen molar-refractivity contribution in [1.29, 1.82) is 0 Å². The second-order valence-corrected chi connectivity index (χ2v) is 8.61. The normalized spacial score (nSPS) is 17.5. The average Bonchev–Trinajstić information content (AvgIpc) is 2.78. The topological polar surface area (TPSA) is 88.2 Å². The first-order chi connectivity index (χ1) is 15.1. The summed E-state index contributed by atoms with van der Waals surface area (Å²) in [5.74, 6) is -0.0924. The highest BCUT2D eigenvalue weighted by molar-refractivity contribution is 7.85. The highest BCUT2D eigenvalue weighted by Gasteiger charge is 2.32. The molecule has 32 heavy (non-hydrogen) atoms. The van der Waals surface area contributed by atoms with E-state index < -0.39 is 16.9 Å². The van der Waals surface area contributed by atoms with Crippen LogP contribution in [-0.2, 0) is 25.1 Å². The number of benzene rings is 2. The Morgan fingerprint density at radius 1 is 1.12 bits per heavy atom. The van der Waals surface area contributed by atoms with Crippen LogP contribution in [0.15, 0.2) is 52.3 Å². The van der Waals surface area contributed by atoms with Crippen molar-refractivity contribution in [1.82, 2.24) is 4.90 Å². The number of para-hydroxylation sites is 1. The minimum absolute atomic E-state index is 0. The third kappa shape index (κ3) is 5.12. The zero-order valence-corrected chi connectivity index (χ0v) is 19.3. The van der Waals surface area contributed by atoms with Crippen LogP contribution >= 0.6 is 0 Å². The molecule has 2 aromatic rings. The van der Waals surface area contributed by atoms with Crippen LogP contribution in [0.5, 0.6) is 0 Å². The van der Waals surface area contributed by atoms with Gasteiger partial charge >= 0.3 is 7.52 Å². The van der Waals surface area contributed by atoms with Crippen LogP contribution in [0.4, 0.5) is 21.9 Å². The molecule has 8 nitrogen and oxygen atoms in total. The highest BCUT2D eigenvalue weighted by Crippen LogP contribution is 2.43. The summed E-state index contributed by atoms with van der Waals surface area (Å²) in [5.41, 5.74) is 1.59. The molecule has 1 atom stereocenters. The summed E-state index contributed by atoms with van der Waals surface area (Å²) < 4.78 is 23.5. The largest absolute Gasteiger partial charge is 1.00 e. The van der Waals surface area contributed by atoms with Gasteiger partial charge < -0.3 is 21.9 Å². The summed E-state index contributed by atoms with van der Waals surface area (Å²) in [7, 11) is -1.42. The van der Waals surface area contributed by atoms with Crippen molar-refractivity contribution in [2.45, 2.75) is 23.1 Å². The first kappa shape index (κ1) is 24.2. The van der Waals surface area contributed by atoms with E-state index in [1.54, 1.807) is 42.2 Å². The van der Waals surface area contributed by atoms with Crippen LogP contribution in [0.3, 0.4) is 0 Å². The van der Waals surface area contributed by atoms with Gasteiger partial charge in [-0.15, -0.1) is 0 Å². The Morgan fingerprint density at radius 3 is 2.59 bits per heavy atom. The molecule has 1 saturated heterocycles. The van der Waals surface area contributed by atoms with Gasteiger partial charge in [0.1, 0.15) is 0 Å². The van der Waals surface area contributed by atoms with Gasteiger partial charge in [-0.05, 0) is 37.3 Å². The summed E-state index contributed by atoms with van der Waals surface area (Å²) in [6.07, 6.45) is -0.263. The Morgan fingerprint density at radius 2 is 1.84 bits per heavy atom. The van der Waals surface area contributed by atoms with Crippen molar-refractivity contribution < 1.29 is 37.1 Å². The number of carbonyl (C=O) groups excluding carboxylic acids is 2. The monoisotopic (exact) mass is 479 g/mol. The van der Waals surface area contributed by atoms with E-state index in [0.717, 1.165) is 13.1 Å². The first-order valence-corrected chi connectivity index (χ1v) is 11.4. The van der Waals surface area contributed by atoms with E-state index in [0.29, 0.717) is 53.0 Å². The van der Waals surface area contributed by atoms with Crippen LogP contribution in [0.2, 0.25) is 0 Å². The average molecular weight is 480 g/mol. The molecule has 4 rings (SSSR count). The van der Waals surface area contributed by atoms with E-state index in [4.69, 9.17) is 9.47 Å². The lowest BCUT2D eigenvalue weighted by Crippen LogP contribution is -3.00. The van der Waals surface area contributed by atoms with Crippen molar-refractivity contribution in [2.75, 3.05) is 49.7 Å². The number of ether oxygens (including phenoxy) is 2. The third-order valence-electron chi connectivity index (χ3n) is 5.22. The molecule has 0 spiro atoms. The number of halogens is 1. The fourth-order valence-corrected chi connectivity index (χ4v) is 5.04. The second-order valence-electron chi connectivity index (χ2n) is 7.20. The quantitative estimate of drug-likeness (QED) is 0.661. The molecule has 1 fully saturated rings. The van der Waals surface area contributed by atoms with E-state index in [2.05, 4.69) is 10.2 Å². The standard InChI is InChI=1S/C22H25N3O5S.ClH/c1-2-30-22(27)23-16-7-8-20-18(15-16)25(17-5-3-4-6-19(17)31(20)28)21(26)9-10-24-11-13-29-14-12-24;/h3-8,15H,2,9-14H2,1H3,(H,23,27);1H. The van der Waals surface area contributed by atoms with Gasteiger partial charge in [0.15, 0.2) is 0 Å². The Hall–Kier alpha value is -2.46. The van der Waals surface area contributed by atoms with Crippen LogP contribution in [0.25, 0.3) is 0 Å². The summed E-state index contributed by atoms with van der Waals surface area (Å²) in [6, 6.07) is 12.2. The molecule has 0 bridgehead atoms. The van der Waals surface area contributed by atoms with E-state index >= 15 is 0 Å². The summed E-state index contributed by atoms with van der Waals surface area (Å²) >= 11 is 0. The van der Waals surface area contributed by atoms with Crippen molar-refractivity contribution >= 4 is 39.9 Å². The molecule has 1 N–H and O–H groups in total. The van der Waals surface area contributed by atoms with Gasteiger partial charge in [-0.1, -0.05) is 12.1 Å². The number of fused-ring (bicyclic) bond motifs is 2. The molecule has 2 aromatic carbocycles. The van der Waals surface area contributed by atoms with Gasteiger partial charge in [0.05, 0.1) is 51.8 Å². The molecule has 2 aliphatic rings. The van der Waals surface area contributed by atoms with Gasteiger partial charge in [0.25, 0.3) is 0 Å². The zero-order chi connectivity index (χ0) is 21.8. The maximum atomic E-state index is 13.4. The van der Waals surface area contributed by atoms with Crippen molar-refractivity contribution in [3.05, 3.63) is 42.5 Å². The molecular formula is C22H26ClN3O5S. The molecule has 0 saturated carbocycles. The summed E-state index contributed by atoms with van der Waals surface area (Å²) in [6.45, 7) is 5.55. The molecule has 10 heteroatoms. The SMILES string of the molecule is CCOC(=O)Nc1ccc2c(c1)N(C(=O)CCN1CCOCC1)c1ccccc1S2=O.[Cl-].[H+]. The van der Waals surface area contributed by atoms with E-state index in [1.807, 2.05) is 12.1 Å². The second kappa shape index (κ2) is 10.9. The number of hydrogen-bond donors (Lipinski definition) is 1. The molecule has 0 aliphatic carbocycles. The third-order valence-corrected chi connectivity index (χ3v) is 6.71. The van der Waals surface area contributed by atoms with E-state index in [9.17, 15) is 13.8 Å². The predicted octanol–water partition coefficient (Wildman–Crippen LogP) is 0.239. The van der Waals surface area contributed by atoms with Crippen LogP contribution in [0, 0.1) is 0 Å². The lowest BCUT2D eigenvalue weighted by molar-refractivity contribution is -0.118. The Labute approximate surface area is 197 Å². The number of rotatable bonds is 5. The summed E-state index contributed by atoms with van der Waals surface area (Å²) in [5, 5.41) is 2.65. The molecule has 0 aromatic heterocycles. The number of anilines is 3. The van der Waals surface area contributed by atoms with Gasteiger partial charge in [-0.2, -0.15) is 0 Å². The van der Waals surface area contributed by atoms with Crippen molar-refractivity contribution in [2.24, 2.45) is 0 Å². The number of nitrogens with one attached hydrogen (secondary N) is 1. The number of nitrogens with zero attached hydrogens (tertiary/aromatic N) is 2. The Balaban J connectivity index is 0.00000193. The smallest absolute Gasteiger partial charge is 1.00 e.